The van der Waals surface area contributed by atoms with E-state index in [1.54, 1.807) is 0 Å². The summed E-state index contributed by atoms with van der Waals surface area (Å²) in [6.07, 6.45) is 0.875. The van der Waals surface area contributed by atoms with Gasteiger partial charge in [-0.1, -0.05) is 141 Å². The molecule has 1 heterocycles. The van der Waals surface area contributed by atoms with E-state index < -0.39 is 36.9 Å². The second kappa shape index (κ2) is 19.4. The molecule has 8 heteroatoms. The molecular weight excluding hydrogens is 632 g/mol. The van der Waals surface area contributed by atoms with Gasteiger partial charge < -0.3 is 33.2 Å². The second-order valence-electron chi connectivity index (χ2n) is 13.0. The van der Waals surface area contributed by atoms with Crippen molar-refractivity contribution in [2.75, 3.05) is 13.2 Å². The van der Waals surface area contributed by atoms with Crippen molar-refractivity contribution in [3.05, 3.63) is 144 Å². The average Bonchev–Trinajstić information content (AvgIpc) is 3.17. The lowest BCUT2D eigenvalue weighted by atomic mass is 9.90. The summed E-state index contributed by atoms with van der Waals surface area (Å²) in [5.74, 6) is 0.338. The molecule has 2 fully saturated rings. The van der Waals surface area contributed by atoms with E-state index >= 15 is 0 Å². The third kappa shape index (κ3) is 11.0. The third-order valence-corrected chi connectivity index (χ3v) is 9.21. The van der Waals surface area contributed by atoms with Gasteiger partial charge in [-0.25, -0.2) is 4.79 Å². The molecule has 0 N–H and O–H groups in total. The molecule has 0 amide bonds. The average molecular weight is 681 g/mol. The van der Waals surface area contributed by atoms with Crippen molar-refractivity contribution in [3.8, 4) is 0 Å². The molecule has 1 aliphatic heterocycles. The maximum absolute atomic E-state index is 13.3. The van der Waals surface area contributed by atoms with Crippen LogP contribution >= 0.6 is 0 Å². The molecule has 4 aromatic carbocycles. The Labute approximate surface area is 295 Å². The molecule has 1 saturated heterocycles. The standard InChI is InChI=1S/C42H48O8/c43-42(48-30-36-24-14-5-15-25-36)50-41-40(47-29-35-22-12-4-13-23-35)39(46-28-34-20-10-3-11-21-34)38(45-27-33-18-8-2-9-19-33)37(49-41)31-44-26-32-16-6-1-7-17-32/h1-4,6-13,16-23,36-41H,5,14-15,24-31H2/t37-,38+,39+,40-,41?/m1/s1. The van der Waals surface area contributed by atoms with Gasteiger partial charge in [0.05, 0.1) is 39.6 Å². The lowest BCUT2D eigenvalue weighted by molar-refractivity contribution is -0.318. The summed E-state index contributed by atoms with van der Waals surface area (Å²) in [6, 6.07) is 39.7. The smallest absolute Gasteiger partial charge is 0.434 e. The Kier molecular flexibility index (Phi) is 13.9. The highest BCUT2D eigenvalue weighted by molar-refractivity contribution is 5.60. The van der Waals surface area contributed by atoms with Crippen LogP contribution in [-0.4, -0.2) is 50.1 Å². The van der Waals surface area contributed by atoms with Crippen molar-refractivity contribution in [2.24, 2.45) is 5.92 Å². The molecule has 1 aliphatic carbocycles. The zero-order valence-corrected chi connectivity index (χ0v) is 28.6. The molecule has 0 radical (unpaired) electrons. The third-order valence-electron chi connectivity index (χ3n) is 9.21. The van der Waals surface area contributed by atoms with Crippen molar-refractivity contribution < 1.29 is 38.0 Å². The van der Waals surface area contributed by atoms with Crippen LogP contribution in [0.2, 0.25) is 0 Å². The second-order valence-corrected chi connectivity index (χ2v) is 13.0. The first-order valence-electron chi connectivity index (χ1n) is 17.8. The number of ether oxygens (including phenoxy) is 7. The molecule has 264 valence electrons. The molecule has 50 heavy (non-hydrogen) atoms. The van der Waals surface area contributed by atoms with Crippen LogP contribution in [-0.2, 0) is 59.6 Å². The number of carbonyl (C=O) groups is 1. The van der Waals surface area contributed by atoms with Gasteiger partial charge in [0.2, 0.25) is 6.29 Å². The highest BCUT2D eigenvalue weighted by Gasteiger charge is 2.50. The molecule has 0 aromatic heterocycles. The van der Waals surface area contributed by atoms with E-state index in [4.69, 9.17) is 33.2 Å². The molecule has 1 unspecified atom stereocenters. The van der Waals surface area contributed by atoms with Crippen LogP contribution in [0, 0.1) is 5.92 Å². The normalized spacial score (nSPS) is 22.5. The maximum atomic E-state index is 13.3. The van der Waals surface area contributed by atoms with Crippen molar-refractivity contribution in [1.29, 1.82) is 0 Å². The number of benzene rings is 4. The summed E-state index contributed by atoms with van der Waals surface area (Å²) in [4.78, 5) is 13.3. The van der Waals surface area contributed by atoms with Crippen LogP contribution in [0.5, 0.6) is 0 Å². The molecule has 0 bridgehead atoms. The van der Waals surface area contributed by atoms with E-state index in [1.165, 1.54) is 6.42 Å². The van der Waals surface area contributed by atoms with Gasteiger partial charge >= 0.3 is 6.16 Å². The molecule has 0 spiro atoms. The molecule has 8 nitrogen and oxygen atoms in total. The zero-order valence-electron chi connectivity index (χ0n) is 28.6. The van der Waals surface area contributed by atoms with Gasteiger partial charge in [-0.3, -0.25) is 0 Å². The summed E-state index contributed by atoms with van der Waals surface area (Å²) >= 11 is 0. The van der Waals surface area contributed by atoms with Gasteiger partial charge in [0.1, 0.15) is 24.4 Å². The van der Waals surface area contributed by atoms with E-state index in [1.807, 2.05) is 121 Å². The lowest BCUT2D eigenvalue weighted by Gasteiger charge is -2.45. The van der Waals surface area contributed by atoms with E-state index in [0.29, 0.717) is 32.3 Å². The van der Waals surface area contributed by atoms with Gasteiger partial charge in [0.25, 0.3) is 0 Å². The maximum Gasteiger partial charge on any atom is 0.510 e. The zero-order chi connectivity index (χ0) is 34.2. The van der Waals surface area contributed by atoms with Crippen LogP contribution < -0.4 is 0 Å². The molecule has 6 rings (SSSR count). The minimum absolute atomic E-state index is 0.169. The lowest BCUT2D eigenvalue weighted by Crippen LogP contribution is -2.62. The summed E-state index contributed by atoms with van der Waals surface area (Å²) in [5, 5.41) is 0. The molecule has 5 atom stereocenters. The highest BCUT2D eigenvalue weighted by Crippen LogP contribution is 2.32. The number of rotatable bonds is 16. The van der Waals surface area contributed by atoms with E-state index in [9.17, 15) is 4.79 Å². The van der Waals surface area contributed by atoms with Crippen LogP contribution in [0.25, 0.3) is 0 Å². The van der Waals surface area contributed by atoms with E-state index in [-0.39, 0.29) is 13.2 Å². The summed E-state index contributed by atoms with van der Waals surface area (Å²) in [7, 11) is 0. The summed E-state index contributed by atoms with van der Waals surface area (Å²) in [6.45, 7) is 1.72. The Morgan fingerprint density at radius 1 is 0.540 bits per heavy atom. The van der Waals surface area contributed by atoms with Gasteiger partial charge in [0.15, 0.2) is 0 Å². The molecular formula is C42H48O8. The monoisotopic (exact) mass is 680 g/mol. The SMILES string of the molecule is O=C(OCC1CCCCC1)OC1O[C@H](COCc2ccccc2)[C@H](OCc2ccccc2)[C@H](OCc2ccccc2)[C@H]1OCc1ccccc1. The van der Waals surface area contributed by atoms with E-state index in [0.717, 1.165) is 47.9 Å². The van der Waals surface area contributed by atoms with Gasteiger partial charge in [0, 0.05) is 0 Å². The van der Waals surface area contributed by atoms with Crippen LogP contribution in [0.3, 0.4) is 0 Å². The van der Waals surface area contributed by atoms with Gasteiger partial charge in [-0.2, -0.15) is 0 Å². The van der Waals surface area contributed by atoms with Crippen LogP contribution in [0.15, 0.2) is 121 Å². The molecule has 1 saturated carbocycles. The van der Waals surface area contributed by atoms with Crippen molar-refractivity contribution in [3.63, 3.8) is 0 Å². The largest absolute Gasteiger partial charge is 0.510 e. The fourth-order valence-corrected chi connectivity index (χ4v) is 6.51. The van der Waals surface area contributed by atoms with Gasteiger partial charge in [-0.15, -0.1) is 0 Å². The van der Waals surface area contributed by atoms with Crippen LogP contribution in [0.4, 0.5) is 4.79 Å². The minimum Gasteiger partial charge on any atom is -0.434 e. The Bertz CT molecular complexity index is 1510. The first kappa shape index (κ1) is 35.8. The van der Waals surface area contributed by atoms with Crippen molar-refractivity contribution in [1.82, 2.24) is 0 Å². The van der Waals surface area contributed by atoms with E-state index in [2.05, 4.69) is 0 Å². The van der Waals surface area contributed by atoms with Gasteiger partial charge in [-0.05, 0) is 41.0 Å². The molecule has 4 aromatic rings. The minimum atomic E-state index is -1.14. The predicted octanol–water partition coefficient (Wildman–Crippen LogP) is 8.42. The topological polar surface area (TPSA) is 81.7 Å². The fourth-order valence-electron chi connectivity index (χ4n) is 6.51. The Balaban J connectivity index is 1.26. The fraction of sp³-hybridized carbons (Fsp3) is 0.405. The molecule has 2 aliphatic rings. The van der Waals surface area contributed by atoms with Crippen molar-refractivity contribution in [2.45, 2.75) is 89.2 Å². The highest BCUT2D eigenvalue weighted by atomic mass is 16.8. The first-order valence-corrected chi connectivity index (χ1v) is 17.8. The quantitative estimate of drug-likeness (QED) is 0.109. The number of carbonyl (C=O) groups excluding carboxylic acids is 1. The Morgan fingerprint density at radius 2 is 1.00 bits per heavy atom. The summed E-state index contributed by atoms with van der Waals surface area (Å²) < 4.78 is 44.4. The number of hydrogen-bond donors (Lipinski definition) is 0. The summed E-state index contributed by atoms with van der Waals surface area (Å²) in [5.41, 5.74) is 3.99. The van der Waals surface area contributed by atoms with Crippen molar-refractivity contribution >= 4 is 6.16 Å². The Hall–Kier alpha value is -4.05. The first-order chi connectivity index (χ1) is 24.7. The number of hydrogen-bond acceptors (Lipinski definition) is 8. The predicted molar refractivity (Wildman–Crippen MR) is 189 cm³/mol. The van der Waals surface area contributed by atoms with Crippen LogP contribution in [0.1, 0.15) is 54.4 Å². The Morgan fingerprint density at radius 3 is 1.52 bits per heavy atom.